The molecule has 0 amide bonds. The minimum Gasteiger partial charge on any atom is -0.391 e. The number of likely N-dealkylation sites (tertiary alicyclic amines) is 1. The predicted octanol–water partition coefficient (Wildman–Crippen LogP) is -0.977. The molecule has 2 heterocycles. The van der Waals surface area contributed by atoms with E-state index in [-0.39, 0.29) is 6.10 Å². The number of aliphatic hydroxyl groups is 1. The van der Waals surface area contributed by atoms with Crippen LogP contribution in [0.4, 0.5) is 0 Å². The molecule has 0 radical (unpaired) electrons. The molecule has 0 aliphatic carbocycles. The van der Waals surface area contributed by atoms with Gasteiger partial charge in [-0.25, -0.2) is 0 Å². The van der Waals surface area contributed by atoms with Gasteiger partial charge in [-0.2, -0.15) is 0 Å². The van der Waals surface area contributed by atoms with Crippen LogP contribution in [-0.2, 0) is 0 Å². The molecule has 0 aromatic carbocycles. The lowest BCUT2D eigenvalue weighted by molar-refractivity contribution is 0.141. The highest BCUT2D eigenvalue weighted by molar-refractivity contribution is 4.97. The molecule has 2 N–H and O–H groups in total. The Labute approximate surface area is 61.0 Å². The first-order valence-electron chi connectivity index (χ1n) is 3.88. The highest BCUT2D eigenvalue weighted by atomic mass is 16.3. The number of aliphatic hydroxyl groups excluding tert-OH is 1. The molecule has 2 fully saturated rings. The van der Waals surface area contributed by atoms with E-state index in [1.807, 2.05) is 0 Å². The molecule has 2 bridgehead atoms. The maximum Gasteiger partial charge on any atom is 0.0721 e. The van der Waals surface area contributed by atoms with E-state index in [0.29, 0.717) is 12.1 Å². The van der Waals surface area contributed by atoms with Crippen molar-refractivity contribution in [1.82, 2.24) is 10.2 Å². The van der Waals surface area contributed by atoms with Crippen molar-refractivity contribution in [3.05, 3.63) is 0 Å². The maximum absolute atomic E-state index is 9.43. The molecule has 58 valence electrons. The summed E-state index contributed by atoms with van der Waals surface area (Å²) in [6.45, 7) is 2.09. The first-order valence-corrected chi connectivity index (χ1v) is 3.88. The average molecular weight is 142 g/mol. The molecule has 3 nitrogen and oxygen atoms in total. The number of nitrogens with one attached hydrogen (secondary N) is 1. The molecule has 3 atom stereocenters. The standard InChI is InChI=1S/C7H14N2O/c1-9-3-5-2-7(10)6(4-9)8-5/h5-8,10H,2-4H2,1H3/t5-,6-,7-/m0/s1. The number of nitrogens with zero attached hydrogens (tertiary/aromatic N) is 1. The van der Waals surface area contributed by atoms with E-state index in [1.165, 1.54) is 0 Å². The van der Waals surface area contributed by atoms with Gasteiger partial charge in [-0.1, -0.05) is 0 Å². The third-order valence-corrected chi connectivity index (χ3v) is 2.48. The van der Waals surface area contributed by atoms with Gasteiger partial charge in [-0.05, 0) is 13.5 Å². The Bertz CT molecular complexity index is 135. The molecular formula is C7H14N2O. The van der Waals surface area contributed by atoms with Gasteiger partial charge >= 0.3 is 0 Å². The molecule has 0 saturated carbocycles. The van der Waals surface area contributed by atoms with Gasteiger partial charge in [0.1, 0.15) is 0 Å². The molecule has 2 aliphatic heterocycles. The lowest BCUT2D eigenvalue weighted by atomic mass is 10.2. The van der Waals surface area contributed by atoms with Crippen LogP contribution >= 0.6 is 0 Å². The number of likely N-dealkylation sites (N-methyl/N-ethyl adjacent to an activating group) is 1. The van der Waals surface area contributed by atoms with Crippen LogP contribution in [0, 0.1) is 0 Å². The van der Waals surface area contributed by atoms with Crippen LogP contribution in [0.1, 0.15) is 6.42 Å². The second-order valence-electron chi connectivity index (χ2n) is 3.49. The topological polar surface area (TPSA) is 35.5 Å². The quantitative estimate of drug-likeness (QED) is 0.456. The summed E-state index contributed by atoms with van der Waals surface area (Å²) in [6, 6.07) is 0.877. The summed E-state index contributed by atoms with van der Waals surface area (Å²) < 4.78 is 0. The Morgan fingerprint density at radius 1 is 1.50 bits per heavy atom. The largest absolute Gasteiger partial charge is 0.391 e. The monoisotopic (exact) mass is 142 g/mol. The first-order chi connectivity index (χ1) is 4.75. The van der Waals surface area contributed by atoms with E-state index in [9.17, 15) is 5.11 Å². The molecule has 2 aliphatic rings. The molecule has 3 heteroatoms. The minimum atomic E-state index is -0.102. The summed E-state index contributed by atoms with van der Waals surface area (Å²) in [5.41, 5.74) is 0. The number of hydrogen-bond donors (Lipinski definition) is 2. The van der Waals surface area contributed by atoms with Crippen LogP contribution < -0.4 is 5.32 Å². The first kappa shape index (κ1) is 6.58. The second kappa shape index (κ2) is 2.19. The number of rotatable bonds is 0. The summed E-state index contributed by atoms with van der Waals surface area (Å²) >= 11 is 0. The molecule has 2 saturated heterocycles. The highest BCUT2D eigenvalue weighted by Gasteiger charge is 2.37. The van der Waals surface area contributed by atoms with Crippen LogP contribution in [0.25, 0.3) is 0 Å². The van der Waals surface area contributed by atoms with Crippen LogP contribution in [0.2, 0.25) is 0 Å². The van der Waals surface area contributed by atoms with Gasteiger partial charge in [-0.3, -0.25) is 0 Å². The third-order valence-electron chi connectivity index (χ3n) is 2.48. The fourth-order valence-corrected chi connectivity index (χ4v) is 2.03. The van der Waals surface area contributed by atoms with Gasteiger partial charge in [0.2, 0.25) is 0 Å². The minimum absolute atomic E-state index is 0.102. The average Bonchev–Trinajstić information content (AvgIpc) is 2.07. The Morgan fingerprint density at radius 3 is 3.00 bits per heavy atom. The van der Waals surface area contributed by atoms with Crippen molar-refractivity contribution >= 4 is 0 Å². The van der Waals surface area contributed by atoms with E-state index in [0.717, 1.165) is 19.5 Å². The molecule has 0 aromatic rings. The second-order valence-corrected chi connectivity index (χ2v) is 3.49. The number of hydrogen-bond acceptors (Lipinski definition) is 3. The lowest BCUT2D eigenvalue weighted by Crippen LogP contribution is -2.51. The molecule has 0 aromatic heterocycles. The molecule has 0 spiro atoms. The van der Waals surface area contributed by atoms with Gasteiger partial charge in [0, 0.05) is 25.2 Å². The fourth-order valence-electron chi connectivity index (χ4n) is 2.03. The van der Waals surface area contributed by atoms with Gasteiger partial charge < -0.3 is 15.3 Å². The molecular weight excluding hydrogens is 128 g/mol. The van der Waals surface area contributed by atoms with E-state index < -0.39 is 0 Å². The zero-order valence-electron chi connectivity index (χ0n) is 6.25. The Kier molecular flexibility index (Phi) is 1.44. The SMILES string of the molecule is CN1C[C@@H]2C[C@H](O)[C@H](C1)N2. The Morgan fingerprint density at radius 2 is 2.30 bits per heavy atom. The smallest absolute Gasteiger partial charge is 0.0721 e. The van der Waals surface area contributed by atoms with Crippen LogP contribution in [0.15, 0.2) is 0 Å². The zero-order chi connectivity index (χ0) is 7.14. The Hall–Kier alpha value is -0.120. The van der Waals surface area contributed by atoms with Crippen LogP contribution in [0.3, 0.4) is 0 Å². The van der Waals surface area contributed by atoms with E-state index >= 15 is 0 Å². The van der Waals surface area contributed by atoms with E-state index in [4.69, 9.17) is 0 Å². The van der Waals surface area contributed by atoms with Crippen molar-refractivity contribution in [2.45, 2.75) is 24.6 Å². The molecule has 0 unspecified atom stereocenters. The van der Waals surface area contributed by atoms with E-state index in [2.05, 4.69) is 17.3 Å². The van der Waals surface area contributed by atoms with Crippen molar-refractivity contribution in [2.24, 2.45) is 0 Å². The van der Waals surface area contributed by atoms with Crippen LogP contribution in [0.5, 0.6) is 0 Å². The van der Waals surface area contributed by atoms with Gasteiger partial charge in [0.05, 0.1) is 6.10 Å². The van der Waals surface area contributed by atoms with Crippen molar-refractivity contribution in [3.8, 4) is 0 Å². The number of piperazine rings is 1. The fraction of sp³-hybridized carbons (Fsp3) is 1.00. The lowest BCUT2D eigenvalue weighted by Gasteiger charge is -2.29. The summed E-state index contributed by atoms with van der Waals surface area (Å²) in [5.74, 6) is 0. The Balaban J connectivity index is 2.06. The van der Waals surface area contributed by atoms with E-state index in [1.54, 1.807) is 0 Å². The predicted molar refractivity (Wildman–Crippen MR) is 38.8 cm³/mol. The molecule has 10 heavy (non-hydrogen) atoms. The van der Waals surface area contributed by atoms with Crippen molar-refractivity contribution in [3.63, 3.8) is 0 Å². The summed E-state index contributed by atoms with van der Waals surface area (Å²) in [5, 5.41) is 12.8. The zero-order valence-corrected chi connectivity index (χ0v) is 6.25. The van der Waals surface area contributed by atoms with Gasteiger partial charge in [0.15, 0.2) is 0 Å². The van der Waals surface area contributed by atoms with Crippen molar-refractivity contribution in [2.75, 3.05) is 20.1 Å². The summed E-state index contributed by atoms with van der Waals surface area (Å²) in [7, 11) is 2.11. The number of fused-ring (bicyclic) bond motifs is 2. The van der Waals surface area contributed by atoms with Crippen molar-refractivity contribution in [1.29, 1.82) is 0 Å². The van der Waals surface area contributed by atoms with Gasteiger partial charge in [0.25, 0.3) is 0 Å². The normalized spacial score (nSPS) is 48.0. The van der Waals surface area contributed by atoms with Gasteiger partial charge in [-0.15, -0.1) is 0 Å². The summed E-state index contributed by atoms with van der Waals surface area (Å²) in [4.78, 5) is 2.28. The highest BCUT2D eigenvalue weighted by Crippen LogP contribution is 2.19. The van der Waals surface area contributed by atoms with Crippen molar-refractivity contribution < 1.29 is 5.11 Å². The van der Waals surface area contributed by atoms with Crippen LogP contribution in [-0.4, -0.2) is 48.3 Å². The third kappa shape index (κ3) is 0.944. The maximum atomic E-state index is 9.43. The summed E-state index contributed by atoms with van der Waals surface area (Å²) in [6.07, 6.45) is 0.838. The molecule has 2 rings (SSSR count).